The number of nitrogens with zero attached hydrogens (tertiary/aromatic N) is 1. The maximum absolute atomic E-state index is 9.52. The van der Waals surface area contributed by atoms with Crippen molar-refractivity contribution in [3.63, 3.8) is 0 Å². The van der Waals surface area contributed by atoms with Crippen LogP contribution in [0.4, 0.5) is 0 Å². The summed E-state index contributed by atoms with van der Waals surface area (Å²) >= 11 is 0. The number of aliphatic hydroxyl groups excluding tert-OH is 2. The average molecular weight is 191 g/mol. The Morgan fingerprint density at radius 2 is 1.92 bits per heavy atom. The average Bonchev–Trinajstić information content (AvgIpc) is 2.00. The molecule has 0 amide bonds. The summed E-state index contributed by atoms with van der Waals surface area (Å²) in [5.41, 5.74) is -0.759. The first-order valence-corrected chi connectivity index (χ1v) is 4.62. The van der Waals surface area contributed by atoms with E-state index in [4.69, 9.17) is 5.11 Å². The van der Waals surface area contributed by atoms with Gasteiger partial charge in [0.1, 0.15) is 0 Å². The summed E-state index contributed by atoms with van der Waals surface area (Å²) in [4.78, 5) is 1.90. The molecule has 0 saturated carbocycles. The molecule has 4 nitrogen and oxygen atoms in total. The van der Waals surface area contributed by atoms with E-state index >= 15 is 0 Å². The van der Waals surface area contributed by atoms with Crippen LogP contribution in [0.3, 0.4) is 0 Å². The van der Waals surface area contributed by atoms with E-state index in [1.807, 2.05) is 11.8 Å². The van der Waals surface area contributed by atoms with Crippen molar-refractivity contribution in [2.45, 2.75) is 32.5 Å². The quantitative estimate of drug-likeness (QED) is 0.526. The van der Waals surface area contributed by atoms with Crippen molar-refractivity contribution in [2.75, 3.05) is 26.2 Å². The predicted octanol–water partition coefficient (Wildman–Crippen LogP) is -0.568. The molecule has 0 heterocycles. The van der Waals surface area contributed by atoms with Crippen molar-refractivity contribution >= 4 is 0 Å². The molecule has 1 unspecified atom stereocenters. The van der Waals surface area contributed by atoms with Crippen LogP contribution < -0.4 is 0 Å². The Morgan fingerprint density at radius 3 is 2.23 bits per heavy atom. The first-order valence-electron chi connectivity index (χ1n) is 4.62. The molecular weight excluding hydrogens is 170 g/mol. The van der Waals surface area contributed by atoms with Crippen LogP contribution in [0.5, 0.6) is 0 Å². The van der Waals surface area contributed by atoms with Gasteiger partial charge in [-0.2, -0.15) is 0 Å². The van der Waals surface area contributed by atoms with Crippen LogP contribution in [0.2, 0.25) is 0 Å². The molecule has 3 N–H and O–H groups in total. The van der Waals surface area contributed by atoms with Gasteiger partial charge in [0.25, 0.3) is 0 Å². The minimum atomic E-state index is -0.759. The summed E-state index contributed by atoms with van der Waals surface area (Å²) in [6, 6.07) is 0. The number of hydrogen-bond donors (Lipinski definition) is 3. The Hall–Kier alpha value is -0.160. The lowest BCUT2D eigenvalue weighted by Gasteiger charge is -2.29. The summed E-state index contributed by atoms with van der Waals surface area (Å²) in [6.07, 6.45) is -0.720. The van der Waals surface area contributed by atoms with Gasteiger partial charge in [0.15, 0.2) is 0 Å². The second-order valence-electron chi connectivity index (χ2n) is 3.98. The number of rotatable bonds is 6. The second kappa shape index (κ2) is 5.54. The van der Waals surface area contributed by atoms with Gasteiger partial charge in [0.2, 0.25) is 0 Å². The third kappa shape index (κ3) is 6.95. The molecule has 0 aliphatic heterocycles. The highest BCUT2D eigenvalue weighted by molar-refractivity contribution is 4.73. The lowest BCUT2D eigenvalue weighted by Crippen LogP contribution is -2.42. The van der Waals surface area contributed by atoms with Crippen LogP contribution in [0.15, 0.2) is 0 Å². The Balaban J connectivity index is 3.89. The molecular formula is C9H21NO3. The van der Waals surface area contributed by atoms with Gasteiger partial charge in [0, 0.05) is 13.1 Å². The summed E-state index contributed by atoms with van der Waals surface area (Å²) < 4.78 is 0. The van der Waals surface area contributed by atoms with Gasteiger partial charge in [0.05, 0.1) is 18.3 Å². The molecule has 0 aliphatic carbocycles. The molecule has 0 rings (SSSR count). The Bertz CT molecular complexity index is 133. The monoisotopic (exact) mass is 191 g/mol. The fourth-order valence-corrected chi connectivity index (χ4v) is 1.21. The smallest absolute Gasteiger partial charge is 0.0897 e. The number of likely N-dealkylation sites (N-methyl/N-ethyl adjacent to an activating group) is 1. The van der Waals surface area contributed by atoms with Crippen molar-refractivity contribution in [3.05, 3.63) is 0 Å². The van der Waals surface area contributed by atoms with Gasteiger partial charge in [-0.1, -0.05) is 6.92 Å². The molecule has 0 bridgehead atoms. The van der Waals surface area contributed by atoms with Crippen molar-refractivity contribution in [1.82, 2.24) is 4.90 Å². The van der Waals surface area contributed by atoms with E-state index in [1.54, 1.807) is 13.8 Å². The molecule has 0 aliphatic rings. The van der Waals surface area contributed by atoms with Gasteiger partial charge in [-0.05, 0) is 20.4 Å². The van der Waals surface area contributed by atoms with Gasteiger partial charge >= 0.3 is 0 Å². The second-order valence-corrected chi connectivity index (χ2v) is 3.98. The Morgan fingerprint density at radius 1 is 1.38 bits per heavy atom. The van der Waals surface area contributed by atoms with Crippen LogP contribution >= 0.6 is 0 Å². The molecule has 0 aromatic heterocycles. The highest BCUT2D eigenvalue weighted by Gasteiger charge is 2.18. The minimum absolute atomic E-state index is 0.234. The van der Waals surface area contributed by atoms with Crippen LogP contribution in [0.25, 0.3) is 0 Å². The summed E-state index contributed by atoms with van der Waals surface area (Å²) in [5.74, 6) is 0. The molecule has 0 fully saturated rings. The lowest BCUT2D eigenvalue weighted by molar-refractivity contribution is 0.00872. The standard InChI is InChI=1S/C9H21NO3/c1-4-10(5-8(12)6-11)7-9(2,3)13/h8,11-13H,4-7H2,1-3H3. The zero-order valence-corrected chi connectivity index (χ0v) is 8.69. The van der Waals surface area contributed by atoms with E-state index in [0.717, 1.165) is 6.54 Å². The molecule has 0 aromatic rings. The molecule has 1 atom stereocenters. The first-order chi connectivity index (χ1) is 5.89. The van der Waals surface area contributed by atoms with E-state index in [1.165, 1.54) is 0 Å². The van der Waals surface area contributed by atoms with Gasteiger partial charge in [-0.25, -0.2) is 0 Å². The summed E-state index contributed by atoms with van der Waals surface area (Å²) in [6.45, 7) is 6.82. The zero-order valence-electron chi connectivity index (χ0n) is 8.69. The van der Waals surface area contributed by atoms with Crippen molar-refractivity contribution < 1.29 is 15.3 Å². The topological polar surface area (TPSA) is 63.9 Å². The largest absolute Gasteiger partial charge is 0.394 e. The summed E-state index contributed by atoms with van der Waals surface area (Å²) in [5, 5.41) is 27.3. The highest BCUT2D eigenvalue weighted by atomic mass is 16.3. The van der Waals surface area contributed by atoms with Crippen molar-refractivity contribution in [3.8, 4) is 0 Å². The van der Waals surface area contributed by atoms with Gasteiger partial charge < -0.3 is 15.3 Å². The Kier molecular flexibility index (Phi) is 5.48. The van der Waals surface area contributed by atoms with Crippen molar-refractivity contribution in [2.24, 2.45) is 0 Å². The molecule has 0 radical (unpaired) electrons. The summed E-state index contributed by atoms with van der Waals surface area (Å²) in [7, 11) is 0. The molecule has 0 spiro atoms. The molecule has 13 heavy (non-hydrogen) atoms. The van der Waals surface area contributed by atoms with Crippen LogP contribution in [0.1, 0.15) is 20.8 Å². The van der Waals surface area contributed by atoms with E-state index in [0.29, 0.717) is 13.1 Å². The van der Waals surface area contributed by atoms with E-state index < -0.39 is 11.7 Å². The number of hydrogen-bond acceptors (Lipinski definition) is 4. The number of aliphatic hydroxyl groups is 3. The molecule has 4 heteroatoms. The first kappa shape index (κ1) is 12.8. The normalized spacial score (nSPS) is 15.0. The maximum Gasteiger partial charge on any atom is 0.0897 e. The molecule has 80 valence electrons. The highest BCUT2D eigenvalue weighted by Crippen LogP contribution is 2.05. The molecule has 0 aromatic carbocycles. The SMILES string of the molecule is CCN(CC(O)CO)CC(C)(C)O. The van der Waals surface area contributed by atoms with Crippen LogP contribution in [-0.2, 0) is 0 Å². The lowest BCUT2D eigenvalue weighted by atomic mass is 10.1. The van der Waals surface area contributed by atoms with E-state index in [-0.39, 0.29) is 6.61 Å². The minimum Gasteiger partial charge on any atom is -0.394 e. The third-order valence-corrected chi connectivity index (χ3v) is 1.74. The fraction of sp³-hybridized carbons (Fsp3) is 1.00. The third-order valence-electron chi connectivity index (χ3n) is 1.74. The van der Waals surface area contributed by atoms with Gasteiger partial charge in [-0.3, -0.25) is 4.90 Å². The van der Waals surface area contributed by atoms with Crippen LogP contribution in [0, 0.1) is 0 Å². The van der Waals surface area contributed by atoms with E-state index in [9.17, 15) is 10.2 Å². The zero-order chi connectivity index (χ0) is 10.5. The van der Waals surface area contributed by atoms with E-state index in [2.05, 4.69) is 0 Å². The van der Waals surface area contributed by atoms with Crippen molar-refractivity contribution in [1.29, 1.82) is 0 Å². The van der Waals surface area contributed by atoms with Crippen LogP contribution in [-0.4, -0.2) is 58.2 Å². The Labute approximate surface area is 79.8 Å². The molecule has 0 saturated heterocycles. The van der Waals surface area contributed by atoms with Gasteiger partial charge in [-0.15, -0.1) is 0 Å². The predicted molar refractivity (Wildman–Crippen MR) is 51.5 cm³/mol. The fourth-order valence-electron chi connectivity index (χ4n) is 1.21. The maximum atomic E-state index is 9.52.